The lowest BCUT2D eigenvalue weighted by atomic mass is 10.1. The Balaban J connectivity index is 1.66. The van der Waals surface area contributed by atoms with E-state index in [1.54, 1.807) is 18.2 Å². The highest BCUT2D eigenvalue weighted by Gasteiger charge is 2.19. The summed E-state index contributed by atoms with van der Waals surface area (Å²) in [5, 5.41) is 5.55. The van der Waals surface area contributed by atoms with Crippen LogP contribution in [0.5, 0.6) is 17.6 Å². The SMILES string of the molecule is CCCCC(C)Oc1ccc(Br)cc1C(=O)NC(=S)Nc1ccc(S(=O)(=O)Nc2cc(OC)nc(OC)n2)cc1. The third-order valence-corrected chi connectivity index (χ3v) is 7.51. The van der Waals surface area contributed by atoms with Crippen LogP contribution in [0.25, 0.3) is 0 Å². The first-order valence-electron chi connectivity index (χ1n) is 12.2. The molecule has 1 aromatic heterocycles. The van der Waals surface area contributed by atoms with Crippen molar-refractivity contribution in [2.45, 2.75) is 44.1 Å². The Bertz CT molecular complexity index is 1430. The summed E-state index contributed by atoms with van der Waals surface area (Å²) >= 11 is 8.70. The number of thiocarbonyl (C=S) groups is 1. The Labute approximate surface area is 247 Å². The molecule has 0 spiro atoms. The number of sulfonamides is 1. The number of halogens is 1. The molecular weight excluding hydrogens is 622 g/mol. The molecule has 40 heavy (non-hydrogen) atoms. The fourth-order valence-corrected chi connectivity index (χ4v) is 5.01. The van der Waals surface area contributed by atoms with Crippen LogP contribution in [-0.2, 0) is 10.0 Å². The molecular formula is C26H30BrN5O6S2. The van der Waals surface area contributed by atoms with Crippen LogP contribution in [0.1, 0.15) is 43.5 Å². The Kier molecular flexibility index (Phi) is 11.0. The number of aromatic nitrogens is 2. The summed E-state index contributed by atoms with van der Waals surface area (Å²) in [4.78, 5) is 20.9. The molecule has 1 heterocycles. The van der Waals surface area contributed by atoms with Crippen molar-refractivity contribution in [3.63, 3.8) is 0 Å². The fraction of sp³-hybridized carbons (Fsp3) is 0.308. The van der Waals surface area contributed by atoms with E-state index in [-0.39, 0.29) is 33.8 Å². The quantitative estimate of drug-likeness (QED) is 0.225. The molecule has 11 nitrogen and oxygen atoms in total. The van der Waals surface area contributed by atoms with Crippen LogP contribution in [0.4, 0.5) is 11.5 Å². The first kappa shape index (κ1) is 31.0. The van der Waals surface area contributed by atoms with Crippen molar-refractivity contribution in [2.75, 3.05) is 24.3 Å². The van der Waals surface area contributed by atoms with E-state index < -0.39 is 15.9 Å². The van der Waals surface area contributed by atoms with Crippen molar-refractivity contribution < 1.29 is 27.4 Å². The van der Waals surface area contributed by atoms with Crippen LogP contribution in [0, 0.1) is 0 Å². The third kappa shape index (κ3) is 8.76. The van der Waals surface area contributed by atoms with E-state index in [1.165, 1.54) is 44.6 Å². The summed E-state index contributed by atoms with van der Waals surface area (Å²) < 4.78 is 44.8. The van der Waals surface area contributed by atoms with Crippen LogP contribution in [-0.4, -0.2) is 49.7 Å². The lowest BCUT2D eigenvalue weighted by Gasteiger charge is -2.18. The molecule has 0 saturated carbocycles. The van der Waals surface area contributed by atoms with Gasteiger partial charge in [0.1, 0.15) is 5.75 Å². The molecule has 214 valence electrons. The van der Waals surface area contributed by atoms with Gasteiger partial charge in [-0.3, -0.25) is 14.8 Å². The van der Waals surface area contributed by atoms with Gasteiger partial charge in [0.25, 0.3) is 15.9 Å². The summed E-state index contributed by atoms with van der Waals surface area (Å²) in [7, 11) is -1.25. The van der Waals surface area contributed by atoms with E-state index >= 15 is 0 Å². The maximum atomic E-state index is 13.0. The largest absolute Gasteiger partial charge is 0.490 e. The maximum Gasteiger partial charge on any atom is 0.321 e. The number of carbonyl (C=O) groups is 1. The lowest BCUT2D eigenvalue weighted by Crippen LogP contribution is -2.34. The number of ether oxygens (including phenoxy) is 3. The molecule has 0 aliphatic heterocycles. The molecule has 2 aromatic carbocycles. The highest BCUT2D eigenvalue weighted by Crippen LogP contribution is 2.26. The number of benzene rings is 2. The number of methoxy groups -OCH3 is 2. The van der Waals surface area contributed by atoms with E-state index in [1.807, 2.05) is 6.92 Å². The van der Waals surface area contributed by atoms with Crippen LogP contribution in [0.3, 0.4) is 0 Å². The second-order valence-electron chi connectivity index (χ2n) is 8.53. The van der Waals surface area contributed by atoms with Crippen molar-refractivity contribution >= 4 is 60.7 Å². The third-order valence-electron chi connectivity index (χ3n) is 5.44. The highest BCUT2D eigenvalue weighted by molar-refractivity contribution is 9.10. The zero-order chi connectivity index (χ0) is 29.3. The fourth-order valence-electron chi connectivity index (χ4n) is 3.45. The molecule has 0 aliphatic carbocycles. The van der Waals surface area contributed by atoms with Gasteiger partial charge in [-0.25, -0.2) is 8.42 Å². The predicted molar refractivity (Wildman–Crippen MR) is 160 cm³/mol. The van der Waals surface area contributed by atoms with Crippen molar-refractivity contribution in [1.82, 2.24) is 15.3 Å². The van der Waals surface area contributed by atoms with Crippen LogP contribution in [0.2, 0.25) is 0 Å². The van der Waals surface area contributed by atoms with Gasteiger partial charge in [-0.15, -0.1) is 0 Å². The van der Waals surface area contributed by atoms with Gasteiger partial charge in [0.2, 0.25) is 5.88 Å². The molecule has 0 radical (unpaired) electrons. The smallest absolute Gasteiger partial charge is 0.321 e. The number of unbranched alkanes of at least 4 members (excludes halogenated alkanes) is 1. The first-order valence-corrected chi connectivity index (χ1v) is 14.9. The van der Waals surface area contributed by atoms with E-state index in [4.69, 9.17) is 26.4 Å². The predicted octanol–water partition coefficient (Wildman–Crippen LogP) is 5.14. The van der Waals surface area contributed by atoms with Gasteiger partial charge in [0, 0.05) is 16.2 Å². The van der Waals surface area contributed by atoms with Crippen molar-refractivity contribution in [3.8, 4) is 17.6 Å². The average Bonchev–Trinajstić information content (AvgIpc) is 2.92. The molecule has 3 aromatic rings. The molecule has 0 aliphatic rings. The van der Waals surface area contributed by atoms with Crippen molar-refractivity contribution in [3.05, 3.63) is 58.6 Å². The van der Waals surface area contributed by atoms with Gasteiger partial charge in [-0.2, -0.15) is 9.97 Å². The molecule has 14 heteroatoms. The molecule has 0 bridgehead atoms. The van der Waals surface area contributed by atoms with Crippen molar-refractivity contribution in [2.24, 2.45) is 0 Å². The Morgan fingerprint density at radius 3 is 2.45 bits per heavy atom. The summed E-state index contributed by atoms with van der Waals surface area (Å²) in [6.45, 7) is 4.07. The molecule has 1 atom stereocenters. The van der Waals surface area contributed by atoms with Gasteiger partial charge in [0.15, 0.2) is 10.9 Å². The van der Waals surface area contributed by atoms with Crippen LogP contribution in [0.15, 0.2) is 57.9 Å². The zero-order valence-corrected chi connectivity index (χ0v) is 25.6. The van der Waals surface area contributed by atoms with E-state index in [0.29, 0.717) is 21.5 Å². The van der Waals surface area contributed by atoms with Crippen LogP contribution >= 0.6 is 28.1 Å². The average molecular weight is 653 g/mol. The second kappa shape index (κ2) is 14.2. The normalized spacial score (nSPS) is 11.7. The van der Waals surface area contributed by atoms with Crippen LogP contribution < -0.4 is 29.6 Å². The number of hydrogen-bond donors (Lipinski definition) is 3. The number of nitrogens with zero attached hydrogens (tertiary/aromatic N) is 2. The minimum atomic E-state index is -3.99. The van der Waals surface area contributed by atoms with Gasteiger partial charge in [-0.05, 0) is 68.0 Å². The molecule has 3 N–H and O–H groups in total. The number of amides is 1. The Morgan fingerprint density at radius 1 is 1.07 bits per heavy atom. The number of hydrogen-bond acceptors (Lipinski definition) is 9. The summed E-state index contributed by atoms with van der Waals surface area (Å²) in [6, 6.07) is 12.2. The second-order valence-corrected chi connectivity index (χ2v) is 11.5. The topological polar surface area (TPSA) is 141 Å². The highest BCUT2D eigenvalue weighted by atomic mass is 79.9. The zero-order valence-electron chi connectivity index (χ0n) is 22.4. The standard InChI is InChI=1S/C26H30BrN5O6S2/c1-5-6-7-16(2)38-21-13-8-17(27)14-20(21)24(33)31-26(39)28-18-9-11-19(12-10-18)40(34,35)32-22-15-23(36-3)30-25(29-22)37-4/h8-16H,5-7H2,1-4H3,(H,29,30,32)(H2,28,31,33,39). The van der Waals surface area contributed by atoms with Gasteiger partial charge in [-0.1, -0.05) is 35.7 Å². The summed E-state index contributed by atoms with van der Waals surface area (Å²) in [5.41, 5.74) is 0.792. The van der Waals surface area contributed by atoms with Gasteiger partial charge >= 0.3 is 6.01 Å². The van der Waals surface area contributed by atoms with E-state index in [9.17, 15) is 13.2 Å². The summed E-state index contributed by atoms with van der Waals surface area (Å²) in [6.07, 6.45) is 2.89. The minimum Gasteiger partial charge on any atom is -0.490 e. The molecule has 0 saturated heterocycles. The number of carbonyl (C=O) groups excluding carboxylic acids is 1. The Hall–Kier alpha value is -3.49. The van der Waals surface area contributed by atoms with Crippen molar-refractivity contribution in [1.29, 1.82) is 0 Å². The number of nitrogens with one attached hydrogen (secondary N) is 3. The van der Waals surface area contributed by atoms with E-state index in [0.717, 1.165) is 19.3 Å². The molecule has 0 fully saturated rings. The first-order chi connectivity index (χ1) is 19.0. The number of anilines is 2. The molecule has 1 amide bonds. The molecule has 1 unspecified atom stereocenters. The molecule has 3 rings (SSSR count). The Morgan fingerprint density at radius 2 is 1.80 bits per heavy atom. The minimum absolute atomic E-state index is 0.0227. The number of rotatable bonds is 12. The van der Waals surface area contributed by atoms with E-state index in [2.05, 4.69) is 48.2 Å². The monoisotopic (exact) mass is 651 g/mol. The maximum absolute atomic E-state index is 13.0. The summed E-state index contributed by atoms with van der Waals surface area (Å²) in [5.74, 6) is 0.112. The van der Waals surface area contributed by atoms with Gasteiger partial charge < -0.3 is 19.5 Å². The lowest BCUT2D eigenvalue weighted by molar-refractivity contribution is 0.0970. The van der Waals surface area contributed by atoms with Gasteiger partial charge in [0.05, 0.1) is 30.8 Å².